The standard InChI is InChI=1S/C10H15F3N2O3S/c1-14(7(6-8(16)17)10(11,12)13)9(18)15-2-4-19-5-3-15/h7H,2-6H2,1H3,(H,16,17). The molecule has 0 aromatic carbocycles. The number of amides is 2. The van der Waals surface area contributed by atoms with Gasteiger partial charge in [0, 0.05) is 31.6 Å². The van der Waals surface area contributed by atoms with E-state index in [4.69, 9.17) is 5.11 Å². The Morgan fingerprint density at radius 1 is 1.37 bits per heavy atom. The molecule has 0 aromatic heterocycles. The first-order valence-corrected chi connectivity index (χ1v) is 6.77. The molecular formula is C10H15F3N2O3S. The van der Waals surface area contributed by atoms with Crippen LogP contribution in [0.25, 0.3) is 0 Å². The van der Waals surface area contributed by atoms with Crippen LogP contribution in [0, 0.1) is 0 Å². The van der Waals surface area contributed by atoms with Crippen molar-refractivity contribution in [2.45, 2.75) is 18.6 Å². The number of nitrogens with zero attached hydrogens (tertiary/aromatic N) is 2. The molecule has 2 amide bonds. The Bertz CT molecular complexity index is 345. The molecule has 1 heterocycles. The molecule has 1 N–H and O–H groups in total. The van der Waals surface area contributed by atoms with Crippen LogP contribution in [0.1, 0.15) is 6.42 Å². The third-order valence-electron chi connectivity index (χ3n) is 2.80. The summed E-state index contributed by atoms with van der Waals surface area (Å²) >= 11 is 1.62. The van der Waals surface area contributed by atoms with E-state index in [2.05, 4.69) is 0 Å². The topological polar surface area (TPSA) is 60.9 Å². The third-order valence-corrected chi connectivity index (χ3v) is 3.74. The molecule has 0 aromatic rings. The van der Waals surface area contributed by atoms with Gasteiger partial charge in [0.1, 0.15) is 6.04 Å². The van der Waals surface area contributed by atoms with Crippen LogP contribution in [0.4, 0.5) is 18.0 Å². The number of rotatable bonds is 3. The Kier molecular flexibility index (Phi) is 5.33. The van der Waals surface area contributed by atoms with E-state index >= 15 is 0 Å². The molecule has 1 rings (SSSR count). The normalized spacial score (nSPS) is 18.0. The average Bonchev–Trinajstić information content (AvgIpc) is 2.34. The first kappa shape index (κ1) is 15.9. The van der Waals surface area contributed by atoms with Crippen molar-refractivity contribution in [2.75, 3.05) is 31.6 Å². The number of carboxylic acids is 1. The highest BCUT2D eigenvalue weighted by Crippen LogP contribution is 2.27. The largest absolute Gasteiger partial charge is 0.481 e. The second-order valence-electron chi connectivity index (χ2n) is 4.15. The lowest BCUT2D eigenvalue weighted by Gasteiger charge is -2.35. The molecule has 5 nitrogen and oxygen atoms in total. The van der Waals surface area contributed by atoms with Gasteiger partial charge < -0.3 is 14.9 Å². The zero-order chi connectivity index (χ0) is 14.6. The second-order valence-corrected chi connectivity index (χ2v) is 5.37. The summed E-state index contributed by atoms with van der Waals surface area (Å²) in [6.07, 6.45) is -5.90. The van der Waals surface area contributed by atoms with Gasteiger partial charge in [0.25, 0.3) is 0 Å². The SMILES string of the molecule is CN(C(=O)N1CCSCC1)C(CC(=O)O)C(F)(F)F. The van der Waals surface area contributed by atoms with E-state index in [0.717, 1.165) is 7.05 Å². The van der Waals surface area contributed by atoms with Crippen molar-refractivity contribution in [3.05, 3.63) is 0 Å². The molecule has 0 aliphatic carbocycles. The lowest BCUT2D eigenvalue weighted by Crippen LogP contribution is -2.53. The molecule has 0 saturated carbocycles. The average molecular weight is 300 g/mol. The van der Waals surface area contributed by atoms with Gasteiger partial charge in [-0.3, -0.25) is 4.79 Å². The summed E-state index contributed by atoms with van der Waals surface area (Å²) in [5.41, 5.74) is 0. The fraction of sp³-hybridized carbons (Fsp3) is 0.800. The van der Waals surface area contributed by atoms with Gasteiger partial charge in [-0.05, 0) is 0 Å². The predicted octanol–water partition coefficient (Wildman–Crippen LogP) is 1.49. The number of thioether (sulfide) groups is 1. The van der Waals surface area contributed by atoms with Crippen LogP contribution in [0.2, 0.25) is 0 Å². The minimum Gasteiger partial charge on any atom is -0.481 e. The fourth-order valence-electron chi connectivity index (χ4n) is 1.75. The molecular weight excluding hydrogens is 285 g/mol. The number of urea groups is 1. The molecule has 1 atom stereocenters. The second kappa shape index (κ2) is 6.36. The van der Waals surface area contributed by atoms with Crippen molar-refractivity contribution in [2.24, 2.45) is 0 Å². The zero-order valence-electron chi connectivity index (χ0n) is 10.3. The minimum absolute atomic E-state index is 0.380. The molecule has 9 heteroatoms. The van der Waals surface area contributed by atoms with E-state index in [1.807, 2.05) is 0 Å². The summed E-state index contributed by atoms with van der Waals surface area (Å²) in [5.74, 6) is -0.235. The molecule has 0 radical (unpaired) electrons. The Labute approximate surface area is 112 Å². The molecule has 1 aliphatic heterocycles. The summed E-state index contributed by atoms with van der Waals surface area (Å²) in [6, 6.07) is -3.07. The molecule has 1 aliphatic rings. The van der Waals surface area contributed by atoms with E-state index in [1.165, 1.54) is 4.90 Å². The van der Waals surface area contributed by atoms with E-state index in [1.54, 1.807) is 11.8 Å². The van der Waals surface area contributed by atoms with Gasteiger partial charge in [0.2, 0.25) is 0 Å². The van der Waals surface area contributed by atoms with E-state index in [0.29, 0.717) is 29.5 Å². The van der Waals surface area contributed by atoms with Crippen molar-refractivity contribution in [1.82, 2.24) is 9.80 Å². The molecule has 110 valence electrons. The van der Waals surface area contributed by atoms with Crippen LogP contribution in [-0.2, 0) is 4.79 Å². The van der Waals surface area contributed by atoms with Crippen LogP contribution in [0.15, 0.2) is 0 Å². The van der Waals surface area contributed by atoms with Gasteiger partial charge in [-0.2, -0.15) is 24.9 Å². The van der Waals surface area contributed by atoms with E-state index in [-0.39, 0.29) is 0 Å². The Balaban J connectivity index is 2.77. The van der Waals surface area contributed by atoms with Crippen LogP contribution >= 0.6 is 11.8 Å². The summed E-state index contributed by atoms with van der Waals surface area (Å²) in [6.45, 7) is 0.761. The number of aliphatic carboxylic acids is 1. The molecule has 1 saturated heterocycles. The maximum Gasteiger partial charge on any atom is 0.409 e. The van der Waals surface area contributed by atoms with Crippen LogP contribution < -0.4 is 0 Å². The zero-order valence-corrected chi connectivity index (χ0v) is 11.1. The lowest BCUT2D eigenvalue weighted by atomic mass is 10.2. The highest BCUT2D eigenvalue weighted by Gasteiger charge is 2.46. The first-order chi connectivity index (χ1) is 8.73. The van der Waals surface area contributed by atoms with Crippen molar-refractivity contribution in [3.8, 4) is 0 Å². The monoisotopic (exact) mass is 300 g/mol. The van der Waals surface area contributed by atoms with Gasteiger partial charge in [-0.25, -0.2) is 4.79 Å². The molecule has 1 unspecified atom stereocenters. The summed E-state index contributed by atoms with van der Waals surface area (Å²) < 4.78 is 38.3. The number of alkyl halides is 3. The smallest absolute Gasteiger partial charge is 0.409 e. The molecule has 0 bridgehead atoms. The Hall–Kier alpha value is -1.12. The van der Waals surface area contributed by atoms with Crippen molar-refractivity contribution in [3.63, 3.8) is 0 Å². The van der Waals surface area contributed by atoms with Crippen LogP contribution in [-0.4, -0.2) is 70.8 Å². The lowest BCUT2D eigenvalue weighted by molar-refractivity contribution is -0.182. The van der Waals surface area contributed by atoms with Gasteiger partial charge in [0.05, 0.1) is 6.42 Å². The number of carbonyl (C=O) groups excluding carboxylic acids is 1. The highest BCUT2D eigenvalue weighted by atomic mass is 32.2. The number of hydrogen-bond acceptors (Lipinski definition) is 3. The first-order valence-electron chi connectivity index (χ1n) is 5.61. The van der Waals surface area contributed by atoms with Gasteiger partial charge in [-0.1, -0.05) is 0 Å². The molecule has 0 spiro atoms. The minimum atomic E-state index is -4.76. The van der Waals surface area contributed by atoms with Gasteiger partial charge in [0.15, 0.2) is 0 Å². The maximum atomic E-state index is 12.8. The van der Waals surface area contributed by atoms with E-state index < -0.39 is 30.6 Å². The van der Waals surface area contributed by atoms with Crippen molar-refractivity contribution >= 4 is 23.8 Å². The predicted molar refractivity (Wildman–Crippen MR) is 64.2 cm³/mol. The fourth-order valence-corrected chi connectivity index (χ4v) is 2.65. The van der Waals surface area contributed by atoms with E-state index in [9.17, 15) is 22.8 Å². The number of hydrogen-bond donors (Lipinski definition) is 1. The summed E-state index contributed by atoms with van der Waals surface area (Å²) in [4.78, 5) is 24.2. The number of halogens is 3. The summed E-state index contributed by atoms with van der Waals surface area (Å²) in [7, 11) is 0.991. The van der Waals surface area contributed by atoms with Gasteiger partial charge >= 0.3 is 18.2 Å². The van der Waals surface area contributed by atoms with Crippen molar-refractivity contribution in [1.29, 1.82) is 0 Å². The summed E-state index contributed by atoms with van der Waals surface area (Å²) in [5, 5.41) is 8.53. The Morgan fingerprint density at radius 3 is 2.32 bits per heavy atom. The number of carbonyl (C=O) groups is 2. The molecule has 1 fully saturated rings. The number of carboxylic acid groups (broad SMARTS) is 1. The van der Waals surface area contributed by atoms with Gasteiger partial charge in [-0.15, -0.1) is 0 Å². The third kappa shape index (κ3) is 4.48. The molecule has 19 heavy (non-hydrogen) atoms. The maximum absolute atomic E-state index is 12.8. The van der Waals surface area contributed by atoms with Crippen LogP contribution in [0.5, 0.6) is 0 Å². The van der Waals surface area contributed by atoms with Crippen molar-refractivity contribution < 1.29 is 27.9 Å². The quantitative estimate of drug-likeness (QED) is 0.858. The Morgan fingerprint density at radius 2 is 1.89 bits per heavy atom. The highest BCUT2D eigenvalue weighted by molar-refractivity contribution is 7.99. The van der Waals surface area contributed by atoms with Crippen LogP contribution in [0.3, 0.4) is 0 Å².